The molecule has 1 nitrogen and oxygen atoms in total. The van der Waals surface area contributed by atoms with Crippen LogP contribution in [0.3, 0.4) is 0 Å². The summed E-state index contributed by atoms with van der Waals surface area (Å²) in [6.45, 7) is 2.29. The molecule has 2 rings (SSSR count). The second-order valence-electron chi connectivity index (χ2n) is 4.85. The maximum atomic E-state index is 10.5. The molecule has 0 saturated heterocycles. The van der Waals surface area contributed by atoms with Crippen LogP contribution < -0.4 is 0 Å². The molecule has 0 heterocycles. The van der Waals surface area contributed by atoms with Gasteiger partial charge in [0.1, 0.15) is 0 Å². The SMILES string of the molecule is CC1CCCCC1C1(O)C=CC=CC1. The molecule has 0 aromatic carbocycles. The molecule has 0 aromatic heterocycles. The van der Waals surface area contributed by atoms with Gasteiger partial charge in [0.15, 0.2) is 0 Å². The summed E-state index contributed by atoms with van der Waals surface area (Å²) in [7, 11) is 0. The summed E-state index contributed by atoms with van der Waals surface area (Å²) in [5, 5.41) is 10.5. The Morgan fingerprint density at radius 3 is 2.64 bits per heavy atom. The fraction of sp³-hybridized carbons (Fsp3) is 0.692. The minimum Gasteiger partial charge on any atom is -0.385 e. The predicted molar refractivity (Wildman–Crippen MR) is 59.0 cm³/mol. The molecule has 3 atom stereocenters. The van der Waals surface area contributed by atoms with Crippen molar-refractivity contribution in [2.75, 3.05) is 0 Å². The Hall–Kier alpha value is -0.560. The normalized spacial score (nSPS) is 42.7. The largest absolute Gasteiger partial charge is 0.385 e. The van der Waals surface area contributed by atoms with Gasteiger partial charge in [-0.3, -0.25) is 0 Å². The monoisotopic (exact) mass is 192 g/mol. The molecule has 3 unspecified atom stereocenters. The van der Waals surface area contributed by atoms with Gasteiger partial charge in [-0.15, -0.1) is 0 Å². The Kier molecular flexibility index (Phi) is 2.78. The summed E-state index contributed by atoms with van der Waals surface area (Å²) in [5.41, 5.74) is -0.547. The van der Waals surface area contributed by atoms with Crippen molar-refractivity contribution in [2.24, 2.45) is 11.8 Å². The average Bonchev–Trinajstić information content (AvgIpc) is 2.19. The third-order valence-corrected chi connectivity index (χ3v) is 3.83. The van der Waals surface area contributed by atoms with Gasteiger partial charge >= 0.3 is 0 Å². The molecule has 78 valence electrons. The standard InChI is InChI=1S/C13H20O/c1-11-7-3-4-8-12(11)13(14)9-5-2-6-10-13/h2,5-6,9,11-12,14H,3-4,7-8,10H2,1H3. The highest BCUT2D eigenvalue weighted by atomic mass is 16.3. The van der Waals surface area contributed by atoms with Crippen LogP contribution in [-0.2, 0) is 0 Å². The van der Waals surface area contributed by atoms with Crippen LogP contribution in [0.25, 0.3) is 0 Å². The van der Waals surface area contributed by atoms with Gasteiger partial charge in [0, 0.05) is 0 Å². The first-order chi connectivity index (χ1) is 6.72. The molecule has 0 aliphatic heterocycles. The summed E-state index contributed by atoms with van der Waals surface area (Å²) >= 11 is 0. The molecule has 1 N–H and O–H groups in total. The van der Waals surface area contributed by atoms with E-state index in [0.717, 1.165) is 6.42 Å². The van der Waals surface area contributed by atoms with E-state index in [9.17, 15) is 5.11 Å². The topological polar surface area (TPSA) is 20.2 Å². The summed E-state index contributed by atoms with van der Waals surface area (Å²) in [5.74, 6) is 1.14. The molecule has 1 heteroatoms. The summed E-state index contributed by atoms with van der Waals surface area (Å²) < 4.78 is 0. The first kappa shape index (κ1) is 9.97. The Morgan fingerprint density at radius 1 is 1.21 bits per heavy atom. The predicted octanol–water partition coefficient (Wildman–Crippen LogP) is 3.06. The molecular formula is C13H20O. The highest BCUT2D eigenvalue weighted by Crippen LogP contribution is 2.40. The molecular weight excluding hydrogens is 172 g/mol. The van der Waals surface area contributed by atoms with Gasteiger partial charge in [0.2, 0.25) is 0 Å². The second kappa shape index (κ2) is 3.90. The molecule has 2 aliphatic carbocycles. The fourth-order valence-electron chi connectivity index (χ4n) is 2.96. The molecule has 1 saturated carbocycles. The maximum Gasteiger partial charge on any atom is 0.0895 e. The zero-order valence-corrected chi connectivity index (χ0v) is 8.95. The number of allylic oxidation sites excluding steroid dienone is 2. The average molecular weight is 192 g/mol. The molecule has 0 aromatic rings. The summed E-state index contributed by atoms with van der Waals surface area (Å²) in [6, 6.07) is 0. The van der Waals surface area contributed by atoms with Crippen molar-refractivity contribution < 1.29 is 5.11 Å². The van der Waals surface area contributed by atoms with Crippen molar-refractivity contribution in [1.82, 2.24) is 0 Å². The van der Waals surface area contributed by atoms with E-state index < -0.39 is 5.60 Å². The number of rotatable bonds is 1. The van der Waals surface area contributed by atoms with Crippen LogP contribution in [0.1, 0.15) is 39.0 Å². The Labute approximate surface area is 86.5 Å². The lowest BCUT2D eigenvalue weighted by Gasteiger charge is -2.40. The molecule has 0 amide bonds. The fourth-order valence-corrected chi connectivity index (χ4v) is 2.96. The van der Waals surface area contributed by atoms with E-state index in [2.05, 4.69) is 13.0 Å². The first-order valence-electron chi connectivity index (χ1n) is 5.79. The van der Waals surface area contributed by atoms with E-state index in [4.69, 9.17) is 0 Å². The number of hydrogen-bond donors (Lipinski definition) is 1. The number of aliphatic hydroxyl groups is 1. The Morgan fingerprint density at radius 2 is 2.00 bits per heavy atom. The zero-order chi connectivity index (χ0) is 10.0. The highest BCUT2D eigenvalue weighted by molar-refractivity contribution is 5.20. The van der Waals surface area contributed by atoms with Crippen LogP contribution in [0.15, 0.2) is 24.3 Å². The Bertz CT molecular complexity index is 254. The van der Waals surface area contributed by atoms with Gasteiger partial charge in [-0.05, 0) is 24.7 Å². The van der Waals surface area contributed by atoms with Gasteiger partial charge in [-0.1, -0.05) is 50.5 Å². The van der Waals surface area contributed by atoms with Crippen molar-refractivity contribution in [2.45, 2.75) is 44.6 Å². The smallest absolute Gasteiger partial charge is 0.0895 e. The van der Waals surface area contributed by atoms with Crippen LogP contribution >= 0.6 is 0 Å². The zero-order valence-electron chi connectivity index (χ0n) is 8.95. The van der Waals surface area contributed by atoms with E-state index >= 15 is 0 Å². The van der Waals surface area contributed by atoms with E-state index in [1.807, 2.05) is 18.2 Å². The van der Waals surface area contributed by atoms with Gasteiger partial charge in [-0.25, -0.2) is 0 Å². The third kappa shape index (κ3) is 1.78. The van der Waals surface area contributed by atoms with Crippen LogP contribution in [0, 0.1) is 11.8 Å². The molecule has 14 heavy (non-hydrogen) atoms. The molecule has 0 spiro atoms. The lowest BCUT2D eigenvalue weighted by molar-refractivity contribution is -0.0121. The molecule has 1 fully saturated rings. The lowest BCUT2D eigenvalue weighted by atomic mass is 9.69. The maximum absolute atomic E-state index is 10.5. The van der Waals surface area contributed by atoms with Gasteiger partial charge < -0.3 is 5.11 Å². The first-order valence-corrected chi connectivity index (χ1v) is 5.79. The Balaban J connectivity index is 2.12. The lowest BCUT2D eigenvalue weighted by Crippen LogP contribution is -2.41. The van der Waals surface area contributed by atoms with Gasteiger partial charge in [0.05, 0.1) is 5.60 Å². The van der Waals surface area contributed by atoms with Gasteiger partial charge in [0.25, 0.3) is 0 Å². The number of hydrogen-bond acceptors (Lipinski definition) is 1. The van der Waals surface area contributed by atoms with E-state index in [0.29, 0.717) is 11.8 Å². The van der Waals surface area contributed by atoms with Gasteiger partial charge in [-0.2, -0.15) is 0 Å². The highest BCUT2D eigenvalue weighted by Gasteiger charge is 2.38. The minimum atomic E-state index is -0.547. The van der Waals surface area contributed by atoms with E-state index in [1.54, 1.807) is 0 Å². The quantitative estimate of drug-likeness (QED) is 0.677. The molecule has 0 bridgehead atoms. The van der Waals surface area contributed by atoms with Crippen molar-refractivity contribution in [3.05, 3.63) is 24.3 Å². The van der Waals surface area contributed by atoms with Crippen molar-refractivity contribution in [3.8, 4) is 0 Å². The summed E-state index contributed by atoms with van der Waals surface area (Å²) in [6.07, 6.45) is 14.0. The van der Waals surface area contributed by atoms with E-state index in [-0.39, 0.29) is 0 Å². The molecule has 0 radical (unpaired) electrons. The van der Waals surface area contributed by atoms with E-state index in [1.165, 1.54) is 25.7 Å². The second-order valence-corrected chi connectivity index (χ2v) is 4.85. The van der Waals surface area contributed by atoms with Crippen molar-refractivity contribution in [1.29, 1.82) is 0 Å². The third-order valence-electron chi connectivity index (χ3n) is 3.83. The molecule has 2 aliphatic rings. The van der Waals surface area contributed by atoms with Crippen LogP contribution in [0.5, 0.6) is 0 Å². The van der Waals surface area contributed by atoms with Crippen LogP contribution in [0.4, 0.5) is 0 Å². The summed E-state index contributed by atoms with van der Waals surface area (Å²) in [4.78, 5) is 0. The van der Waals surface area contributed by atoms with Crippen LogP contribution in [-0.4, -0.2) is 10.7 Å². The van der Waals surface area contributed by atoms with Crippen molar-refractivity contribution >= 4 is 0 Å². The van der Waals surface area contributed by atoms with Crippen molar-refractivity contribution in [3.63, 3.8) is 0 Å². The van der Waals surface area contributed by atoms with Crippen LogP contribution in [0.2, 0.25) is 0 Å². The minimum absolute atomic E-state index is 0.470.